The number of halogens is 2. The number of carbonyl (C=O) groups is 2. The molecular formula is C14H16Br2N2O3. The Morgan fingerprint density at radius 1 is 1.24 bits per heavy atom. The number of amides is 2. The smallest absolute Gasteiger partial charge is 0.319 e. The van der Waals surface area contributed by atoms with Crippen molar-refractivity contribution < 1.29 is 14.7 Å². The van der Waals surface area contributed by atoms with Crippen LogP contribution in [0.1, 0.15) is 24.8 Å². The van der Waals surface area contributed by atoms with Gasteiger partial charge in [-0.25, -0.2) is 4.79 Å². The maximum atomic E-state index is 12.0. The minimum absolute atomic E-state index is 0.0888. The van der Waals surface area contributed by atoms with Crippen molar-refractivity contribution in [1.82, 2.24) is 5.32 Å². The third kappa shape index (κ3) is 4.20. The van der Waals surface area contributed by atoms with Gasteiger partial charge in [0.15, 0.2) is 0 Å². The first-order chi connectivity index (χ1) is 9.86. The van der Waals surface area contributed by atoms with Crippen LogP contribution in [0.2, 0.25) is 0 Å². The summed E-state index contributed by atoms with van der Waals surface area (Å²) in [4.78, 5) is 22.9. The summed E-state index contributed by atoms with van der Waals surface area (Å²) in [5, 5.41) is 14.6. The fourth-order valence-electron chi connectivity index (χ4n) is 2.49. The molecule has 0 aliphatic heterocycles. The Morgan fingerprint density at radius 3 is 2.38 bits per heavy atom. The summed E-state index contributed by atoms with van der Waals surface area (Å²) >= 11 is 6.84. The van der Waals surface area contributed by atoms with Crippen molar-refractivity contribution in [3.63, 3.8) is 0 Å². The van der Waals surface area contributed by atoms with E-state index in [-0.39, 0.29) is 18.0 Å². The highest BCUT2D eigenvalue weighted by Crippen LogP contribution is 2.32. The van der Waals surface area contributed by atoms with Crippen LogP contribution in [0.4, 0.5) is 10.5 Å². The topological polar surface area (TPSA) is 78.4 Å². The summed E-state index contributed by atoms with van der Waals surface area (Å²) in [5.41, 5.74) is 1.73. The second-order valence-electron chi connectivity index (χ2n) is 5.25. The maximum absolute atomic E-state index is 12.0. The van der Waals surface area contributed by atoms with Gasteiger partial charge < -0.3 is 15.7 Å². The average Bonchev–Trinajstić information content (AvgIpc) is 2.82. The van der Waals surface area contributed by atoms with Crippen molar-refractivity contribution in [2.75, 3.05) is 5.32 Å². The Balaban J connectivity index is 1.96. The van der Waals surface area contributed by atoms with Gasteiger partial charge in [0.05, 0.1) is 11.6 Å². The lowest BCUT2D eigenvalue weighted by atomic mass is 10.1. The van der Waals surface area contributed by atoms with Gasteiger partial charge in [0.2, 0.25) is 0 Å². The normalized spacial score (nSPS) is 21.1. The average molecular weight is 420 g/mol. The molecular weight excluding hydrogens is 404 g/mol. The third-order valence-electron chi connectivity index (χ3n) is 3.54. The predicted molar refractivity (Wildman–Crippen MR) is 87.5 cm³/mol. The Kier molecular flexibility index (Phi) is 5.27. The molecule has 0 heterocycles. The second kappa shape index (κ2) is 6.79. The van der Waals surface area contributed by atoms with E-state index in [0.29, 0.717) is 24.9 Å². The van der Waals surface area contributed by atoms with Gasteiger partial charge in [-0.1, -0.05) is 0 Å². The molecule has 1 fully saturated rings. The van der Waals surface area contributed by atoms with Crippen LogP contribution >= 0.6 is 31.9 Å². The molecule has 0 saturated heterocycles. The van der Waals surface area contributed by atoms with Crippen molar-refractivity contribution in [1.29, 1.82) is 0 Å². The largest absolute Gasteiger partial charge is 0.481 e. The molecule has 5 nitrogen and oxygen atoms in total. The molecule has 1 saturated carbocycles. The van der Waals surface area contributed by atoms with E-state index < -0.39 is 5.97 Å². The molecule has 0 bridgehead atoms. The van der Waals surface area contributed by atoms with Crippen molar-refractivity contribution in [3.8, 4) is 0 Å². The molecule has 1 aromatic rings. The molecule has 2 rings (SSSR count). The SMILES string of the molecule is Cc1cc(Br)c(NC(=O)N[C@H]2CC[C@@H](C(=O)O)C2)c(Br)c1. The fourth-order valence-corrected chi connectivity index (χ4v) is 4.10. The third-order valence-corrected chi connectivity index (χ3v) is 4.79. The lowest BCUT2D eigenvalue weighted by Gasteiger charge is -2.15. The van der Waals surface area contributed by atoms with E-state index in [2.05, 4.69) is 42.5 Å². The first kappa shape index (κ1) is 16.3. The van der Waals surface area contributed by atoms with Gasteiger partial charge in [0.25, 0.3) is 0 Å². The summed E-state index contributed by atoms with van der Waals surface area (Å²) in [6.45, 7) is 1.96. The van der Waals surface area contributed by atoms with Crippen LogP contribution in [0.5, 0.6) is 0 Å². The number of urea groups is 1. The summed E-state index contributed by atoms with van der Waals surface area (Å²) in [6.07, 6.45) is 1.79. The van der Waals surface area contributed by atoms with Crippen LogP contribution in [-0.2, 0) is 4.79 Å². The second-order valence-corrected chi connectivity index (χ2v) is 6.96. The van der Waals surface area contributed by atoms with E-state index in [1.807, 2.05) is 19.1 Å². The Bertz CT molecular complexity index is 554. The van der Waals surface area contributed by atoms with Crippen LogP contribution in [0.15, 0.2) is 21.1 Å². The number of nitrogens with one attached hydrogen (secondary N) is 2. The zero-order valence-corrected chi connectivity index (χ0v) is 14.6. The van der Waals surface area contributed by atoms with Gasteiger partial charge in [0.1, 0.15) is 0 Å². The number of anilines is 1. The quantitative estimate of drug-likeness (QED) is 0.695. The van der Waals surface area contributed by atoms with Crippen LogP contribution < -0.4 is 10.6 Å². The number of aliphatic carboxylic acids is 1. The van der Waals surface area contributed by atoms with Gasteiger partial charge in [-0.15, -0.1) is 0 Å². The van der Waals surface area contributed by atoms with Crippen LogP contribution in [0, 0.1) is 12.8 Å². The summed E-state index contributed by atoms with van der Waals surface area (Å²) < 4.78 is 1.58. The molecule has 0 spiro atoms. The predicted octanol–water partition coefficient (Wildman–Crippen LogP) is 3.89. The Morgan fingerprint density at radius 2 is 1.86 bits per heavy atom. The molecule has 3 N–H and O–H groups in total. The van der Waals surface area contributed by atoms with E-state index in [0.717, 1.165) is 14.5 Å². The Hall–Kier alpha value is -1.08. The molecule has 2 atom stereocenters. The zero-order chi connectivity index (χ0) is 15.6. The number of hydrogen-bond donors (Lipinski definition) is 3. The monoisotopic (exact) mass is 418 g/mol. The van der Waals surface area contributed by atoms with E-state index in [1.54, 1.807) is 0 Å². The van der Waals surface area contributed by atoms with Gasteiger partial charge in [0, 0.05) is 15.0 Å². The maximum Gasteiger partial charge on any atom is 0.319 e. The van der Waals surface area contributed by atoms with Gasteiger partial charge >= 0.3 is 12.0 Å². The number of carbonyl (C=O) groups excluding carboxylic acids is 1. The highest BCUT2D eigenvalue weighted by Gasteiger charge is 2.30. The molecule has 1 aromatic carbocycles. The van der Waals surface area contributed by atoms with E-state index >= 15 is 0 Å². The molecule has 0 radical (unpaired) electrons. The van der Waals surface area contributed by atoms with Crippen LogP contribution in [0.3, 0.4) is 0 Å². The zero-order valence-electron chi connectivity index (χ0n) is 11.5. The number of benzene rings is 1. The Labute approximate surface area is 139 Å². The summed E-state index contributed by atoms with van der Waals surface area (Å²) in [6, 6.07) is 3.41. The molecule has 1 aliphatic carbocycles. The van der Waals surface area contributed by atoms with E-state index in [4.69, 9.17) is 5.11 Å². The number of aryl methyl sites for hydroxylation is 1. The van der Waals surface area contributed by atoms with Crippen LogP contribution in [0.25, 0.3) is 0 Å². The number of carboxylic acid groups (broad SMARTS) is 1. The van der Waals surface area contributed by atoms with Crippen molar-refractivity contribution in [3.05, 3.63) is 26.6 Å². The minimum atomic E-state index is -0.788. The molecule has 0 aromatic heterocycles. The highest BCUT2D eigenvalue weighted by atomic mass is 79.9. The first-order valence-electron chi connectivity index (χ1n) is 6.62. The fraction of sp³-hybridized carbons (Fsp3) is 0.429. The number of carboxylic acids is 1. The van der Waals surface area contributed by atoms with E-state index in [1.165, 1.54) is 0 Å². The first-order valence-corrected chi connectivity index (χ1v) is 8.21. The highest BCUT2D eigenvalue weighted by molar-refractivity contribution is 9.11. The lowest BCUT2D eigenvalue weighted by Crippen LogP contribution is -2.36. The minimum Gasteiger partial charge on any atom is -0.481 e. The molecule has 114 valence electrons. The standard InChI is InChI=1S/C14H16Br2N2O3/c1-7-4-10(15)12(11(16)5-7)18-14(21)17-9-3-2-8(6-9)13(19)20/h4-5,8-9H,2-3,6H2,1H3,(H,19,20)(H2,17,18,21)/t8-,9+/m1/s1. The summed E-state index contributed by atoms with van der Waals surface area (Å²) in [7, 11) is 0. The molecule has 21 heavy (non-hydrogen) atoms. The number of hydrogen-bond acceptors (Lipinski definition) is 2. The van der Waals surface area contributed by atoms with E-state index in [9.17, 15) is 9.59 Å². The van der Waals surface area contributed by atoms with Gasteiger partial charge in [-0.2, -0.15) is 0 Å². The van der Waals surface area contributed by atoms with Crippen molar-refractivity contribution in [2.24, 2.45) is 5.92 Å². The van der Waals surface area contributed by atoms with Gasteiger partial charge in [-0.3, -0.25) is 4.79 Å². The van der Waals surface area contributed by atoms with Crippen LogP contribution in [-0.4, -0.2) is 23.1 Å². The van der Waals surface area contributed by atoms with Crippen molar-refractivity contribution in [2.45, 2.75) is 32.2 Å². The number of rotatable bonds is 3. The molecule has 7 heteroatoms. The molecule has 1 aliphatic rings. The molecule has 2 amide bonds. The van der Waals surface area contributed by atoms with Gasteiger partial charge in [-0.05, 0) is 75.7 Å². The summed E-state index contributed by atoms with van der Waals surface area (Å²) in [5.74, 6) is -1.14. The molecule has 0 unspecified atom stereocenters. The van der Waals surface area contributed by atoms with Crippen molar-refractivity contribution >= 4 is 49.5 Å². The lowest BCUT2D eigenvalue weighted by molar-refractivity contribution is -0.141.